The van der Waals surface area contributed by atoms with Crippen molar-refractivity contribution in [3.8, 4) is 11.6 Å². The van der Waals surface area contributed by atoms with E-state index in [0.29, 0.717) is 5.75 Å². The van der Waals surface area contributed by atoms with Gasteiger partial charge in [-0.1, -0.05) is 17.7 Å². The largest absolute Gasteiger partial charge is 0.476 e. The maximum atomic E-state index is 11.0. The van der Waals surface area contributed by atoms with Crippen LogP contribution in [0.15, 0.2) is 36.4 Å². The molecule has 0 saturated heterocycles. The van der Waals surface area contributed by atoms with E-state index in [1.807, 2.05) is 0 Å². The number of carboxylic acid groups (broad SMARTS) is 1. The van der Waals surface area contributed by atoms with Gasteiger partial charge in [0.1, 0.15) is 5.75 Å². The first-order valence-corrected chi connectivity index (χ1v) is 5.82. The second-order valence-electron chi connectivity index (χ2n) is 3.78. The average molecular weight is 293 g/mol. The number of rotatable bonds is 4. The standard InChI is InChI=1S/C13H9ClN2O4/c14-9-4-5-10(16-11(9)13(18)19)20-8-3-1-2-7(6-8)12(15)17/h1-6H,(H2,15,17)(H,18,19). The van der Waals surface area contributed by atoms with E-state index in [1.165, 1.54) is 24.3 Å². The molecule has 2 aromatic rings. The summed E-state index contributed by atoms with van der Waals surface area (Å²) in [6.45, 7) is 0. The van der Waals surface area contributed by atoms with Crippen LogP contribution in [0.3, 0.4) is 0 Å². The maximum absolute atomic E-state index is 11.0. The molecule has 0 aliphatic carbocycles. The molecule has 0 radical (unpaired) electrons. The van der Waals surface area contributed by atoms with Crippen LogP contribution in [-0.2, 0) is 0 Å². The number of nitrogens with two attached hydrogens (primary N) is 1. The number of benzene rings is 1. The molecule has 1 aromatic heterocycles. The maximum Gasteiger partial charge on any atom is 0.356 e. The predicted molar refractivity (Wildman–Crippen MR) is 71.2 cm³/mol. The number of carboxylic acids is 1. The lowest BCUT2D eigenvalue weighted by atomic mass is 10.2. The van der Waals surface area contributed by atoms with Crippen LogP contribution in [0.1, 0.15) is 20.8 Å². The Balaban J connectivity index is 2.30. The number of hydrogen-bond donors (Lipinski definition) is 2. The van der Waals surface area contributed by atoms with E-state index >= 15 is 0 Å². The third-order valence-electron chi connectivity index (χ3n) is 2.36. The van der Waals surface area contributed by atoms with Crippen molar-refractivity contribution in [3.63, 3.8) is 0 Å². The van der Waals surface area contributed by atoms with Crippen LogP contribution in [0.2, 0.25) is 5.02 Å². The van der Waals surface area contributed by atoms with Gasteiger partial charge >= 0.3 is 5.97 Å². The number of ether oxygens (including phenoxy) is 1. The van der Waals surface area contributed by atoms with Crippen LogP contribution < -0.4 is 10.5 Å². The number of pyridine rings is 1. The summed E-state index contributed by atoms with van der Waals surface area (Å²) in [5, 5.41) is 8.92. The van der Waals surface area contributed by atoms with Crippen molar-refractivity contribution < 1.29 is 19.4 Å². The fraction of sp³-hybridized carbons (Fsp3) is 0. The zero-order chi connectivity index (χ0) is 14.7. The van der Waals surface area contributed by atoms with E-state index in [2.05, 4.69) is 4.98 Å². The van der Waals surface area contributed by atoms with E-state index in [4.69, 9.17) is 27.2 Å². The van der Waals surface area contributed by atoms with Crippen LogP contribution in [0.4, 0.5) is 0 Å². The molecule has 2 rings (SSSR count). The van der Waals surface area contributed by atoms with Crippen molar-refractivity contribution in [2.75, 3.05) is 0 Å². The van der Waals surface area contributed by atoms with Crippen molar-refractivity contribution in [2.24, 2.45) is 5.73 Å². The van der Waals surface area contributed by atoms with Crippen molar-refractivity contribution in [3.05, 3.63) is 52.7 Å². The fourth-order valence-electron chi connectivity index (χ4n) is 1.46. The van der Waals surface area contributed by atoms with Gasteiger partial charge in [0.2, 0.25) is 11.8 Å². The summed E-state index contributed by atoms with van der Waals surface area (Å²) in [5.74, 6) is -1.49. The second-order valence-corrected chi connectivity index (χ2v) is 4.19. The first-order valence-electron chi connectivity index (χ1n) is 5.45. The summed E-state index contributed by atoms with van der Waals surface area (Å²) >= 11 is 5.70. The lowest BCUT2D eigenvalue weighted by molar-refractivity contribution is 0.0689. The van der Waals surface area contributed by atoms with E-state index < -0.39 is 11.9 Å². The second kappa shape index (κ2) is 5.58. The molecule has 3 N–H and O–H groups in total. The molecule has 6 nitrogen and oxygen atoms in total. The number of hydrogen-bond acceptors (Lipinski definition) is 4. The number of amides is 1. The zero-order valence-corrected chi connectivity index (χ0v) is 10.8. The molecule has 0 spiro atoms. The molecule has 0 bridgehead atoms. The fourth-order valence-corrected chi connectivity index (χ4v) is 1.65. The Labute approximate surface area is 118 Å². The van der Waals surface area contributed by atoms with E-state index in [-0.39, 0.29) is 22.2 Å². The topological polar surface area (TPSA) is 103 Å². The Bertz CT molecular complexity index is 688. The Morgan fingerprint density at radius 2 is 2.00 bits per heavy atom. The molecule has 0 fully saturated rings. The minimum absolute atomic E-state index is 0.00994. The molecule has 1 aromatic carbocycles. The average Bonchev–Trinajstić information content (AvgIpc) is 2.41. The van der Waals surface area contributed by atoms with Crippen LogP contribution in [0.25, 0.3) is 0 Å². The normalized spacial score (nSPS) is 10.1. The number of aromatic nitrogens is 1. The minimum Gasteiger partial charge on any atom is -0.476 e. The molecule has 0 saturated carbocycles. The van der Waals surface area contributed by atoms with Gasteiger partial charge in [-0.05, 0) is 24.3 Å². The predicted octanol–water partition coefficient (Wildman–Crippen LogP) is 2.32. The van der Waals surface area contributed by atoms with Gasteiger partial charge in [0.05, 0.1) is 5.02 Å². The van der Waals surface area contributed by atoms with Crippen LogP contribution >= 0.6 is 11.6 Å². The number of aromatic carboxylic acids is 1. The Kier molecular flexibility index (Phi) is 3.86. The summed E-state index contributed by atoms with van der Waals surface area (Å²) in [4.78, 5) is 25.7. The number of nitrogens with zero attached hydrogens (tertiary/aromatic N) is 1. The molecular weight excluding hydrogens is 284 g/mol. The van der Waals surface area contributed by atoms with Crippen molar-refractivity contribution in [2.45, 2.75) is 0 Å². The summed E-state index contributed by atoms with van der Waals surface area (Å²) < 4.78 is 5.37. The van der Waals surface area contributed by atoms with Gasteiger partial charge in [0, 0.05) is 11.6 Å². The van der Waals surface area contributed by atoms with Crippen molar-refractivity contribution in [1.82, 2.24) is 4.98 Å². The van der Waals surface area contributed by atoms with Crippen LogP contribution in [-0.4, -0.2) is 22.0 Å². The summed E-state index contributed by atoms with van der Waals surface area (Å²) in [6.07, 6.45) is 0. The first-order chi connectivity index (χ1) is 9.47. The summed E-state index contributed by atoms with van der Waals surface area (Å²) in [5.41, 5.74) is 5.12. The monoisotopic (exact) mass is 292 g/mol. The van der Waals surface area contributed by atoms with Crippen LogP contribution in [0, 0.1) is 0 Å². The number of carbonyl (C=O) groups is 2. The molecule has 7 heteroatoms. The first kappa shape index (κ1) is 13.8. The smallest absolute Gasteiger partial charge is 0.356 e. The highest BCUT2D eigenvalue weighted by Gasteiger charge is 2.12. The number of halogens is 1. The molecule has 102 valence electrons. The van der Waals surface area contributed by atoms with E-state index in [9.17, 15) is 9.59 Å². The highest BCUT2D eigenvalue weighted by Crippen LogP contribution is 2.23. The van der Waals surface area contributed by atoms with E-state index in [1.54, 1.807) is 12.1 Å². The lowest BCUT2D eigenvalue weighted by Gasteiger charge is -2.07. The highest BCUT2D eigenvalue weighted by atomic mass is 35.5. The Hall–Kier alpha value is -2.60. The number of carbonyl (C=O) groups excluding carboxylic acids is 1. The Morgan fingerprint density at radius 3 is 2.65 bits per heavy atom. The van der Waals surface area contributed by atoms with Gasteiger partial charge in [0.15, 0.2) is 5.69 Å². The lowest BCUT2D eigenvalue weighted by Crippen LogP contribution is -2.10. The molecule has 0 atom stereocenters. The molecule has 0 aliphatic heterocycles. The molecular formula is C13H9ClN2O4. The van der Waals surface area contributed by atoms with Gasteiger partial charge in [-0.3, -0.25) is 4.79 Å². The van der Waals surface area contributed by atoms with Crippen molar-refractivity contribution >= 4 is 23.5 Å². The number of primary amides is 1. The molecule has 1 heterocycles. The molecule has 1 amide bonds. The summed E-state index contributed by atoms with van der Waals surface area (Å²) in [7, 11) is 0. The van der Waals surface area contributed by atoms with Gasteiger partial charge < -0.3 is 15.6 Å². The third-order valence-corrected chi connectivity index (χ3v) is 2.67. The highest BCUT2D eigenvalue weighted by molar-refractivity contribution is 6.33. The van der Waals surface area contributed by atoms with Gasteiger partial charge in [-0.25, -0.2) is 9.78 Å². The van der Waals surface area contributed by atoms with Gasteiger partial charge in [-0.2, -0.15) is 0 Å². The van der Waals surface area contributed by atoms with Gasteiger partial charge in [-0.15, -0.1) is 0 Å². The summed E-state index contributed by atoms with van der Waals surface area (Å²) in [6, 6.07) is 8.93. The van der Waals surface area contributed by atoms with Gasteiger partial charge in [0.25, 0.3) is 0 Å². The van der Waals surface area contributed by atoms with E-state index in [0.717, 1.165) is 0 Å². The third kappa shape index (κ3) is 3.04. The molecule has 0 aliphatic rings. The zero-order valence-electron chi connectivity index (χ0n) is 10.0. The minimum atomic E-state index is -1.26. The SMILES string of the molecule is NC(=O)c1cccc(Oc2ccc(Cl)c(C(=O)O)n2)c1. The van der Waals surface area contributed by atoms with Crippen LogP contribution in [0.5, 0.6) is 11.6 Å². The molecule has 20 heavy (non-hydrogen) atoms. The quantitative estimate of drug-likeness (QED) is 0.900. The Morgan fingerprint density at radius 1 is 1.25 bits per heavy atom. The molecule has 0 unspecified atom stereocenters. The van der Waals surface area contributed by atoms with Crippen molar-refractivity contribution in [1.29, 1.82) is 0 Å².